The van der Waals surface area contributed by atoms with Gasteiger partial charge in [0.1, 0.15) is 10.0 Å². The molecule has 2 heterocycles. The number of rotatable bonds is 3. The van der Waals surface area contributed by atoms with Crippen molar-refractivity contribution in [2.24, 2.45) is 0 Å². The van der Waals surface area contributed by atoms with Crippen molar-refractivity contribution in [3.8, 4) is 0 Å². The zero-order chi connectivity index (χ0) is 13.9. The predicted molar refractivity (Wildman–Crippen MR) is 80.3 cm³/mol. The molecule has 20 heavy (non-hydrogen) atoms. The minimum absolute atomic E-state index is 0.0615. The Bertz CT molecular complexity index is 575. The molecule has 0 bridgehead atoms. The van der Waals surface area contributed by atoms with Crippen molar-refractivity contribution in [3.63, 3.8) is 0 Å². The summed E-state index contributed by atoms with van der Waals surface area (Å²) in [5.74, 6) is 0. The second-order valence-corrected chi connectivity index (χ2v) is 6.43. The Hall–Kier alpha value is -0.720. The van der Waals surface area contributed by atoms with Crippen molar-refractivity contribution in [2.45, 2.75) is 12.6 Å². The first-order valence-electron chi connectivity index (χ1n) is 6.28. The summed E-state index contributed by atoms with van der Waals surface area (Å²) < 4.78 is 10.4. The van der Waals surface area contributed by atoms with Crippen LogP contribution in [0.3, 0.4) is 0 Å². The zero-order valence-corrected chi connectivity index (χ0v) is 13.0. The van der Waals surface area contributed by atoms with Crippen molar-refractivity contribution in [1.82, 2.24) is 14.5 Å². The van der Waals surface area contributed by atoms with Gasteiger partial charge in [0.25, 0.3) is 0 Å². The number of hydrogen-bond acceptors (Lipinski definition) is 5. The predicted octanol–water partition coefficient (Wildman–Crippen LogP) is 3.42. The number of benzene rings is 1. The molecule has 0 unspecified atom stereocenters. The van der Waals surface area contributed by atoms with Crippen LogP contribution in [0, 0.1) is 0 Å². The summed E-state index contributed by atoms with van der Waals surface area (Å²) in [7, 11) is 0. The van der Waals surface area contributed by atoms with Crippen LogP contribution in [0.1, 0.15) is 17.4 Å². The van der Waals surface area contributed by atoms with Crippen LogP contribution in [0.25, 0.3) is 0 Å². The normalized spacial score (nSPS) is 20.2. The SMILES string of the molecule is Clc1ccc([C@@H]2CN(Cc3nnsc3Cl)CCO2)cc1. The molecule has 0 radical (unpaired) electrons. The molecule has 2 aromatic rings. The Kier molecular flexibility index (Phi) is 4.53. The van der Waals surface area contributed by atoms with Gasteiger partial charge >= 0.3 is 0 Å². The Morgan fingerprint density at radius 3 is 2.80 bits per heavy atom. The first kappa shape index (κ1) is 14.2. The van der Waals surface area contributed by atoms with E-state index in [1.807, 2.05) is 24.3 Å². The van der Waals surface area contributed by atoms with Crippen LogP contribution in [0.2, 0.25) is 9.36 Å². The molecule has 0 saturated carbocycles. The van der Waals surface area contributed by atoms with Crippen LogP contribution in [0.5, 0.6) is 0 Å². The highest BCUT2D eigenvalue weighted by Crippen LogP contribution is 2.26. The monoisotopic (exact) mass is 329 g/mol. The highest BCUT2D eigenvalue weighted by molar-refractivity contribution is 7.10. The topological polar surface area (TPSA) is 38.2 Å². The largest absolute Gasteiger partial charge is 0.371 e. The molecule has 4 nitrogen and oxygen atoms in total. The quantitative estimate of drug-likeness (QED) is 0.864. The first-order chi connectivity index (χ1) is 9.72. The van der Waals surface area contributed by atoms with Crippen LogP contribution in [-0.4, -0.2) is 34.2 Å². The summed E-state index contributed by atoms with van der Waals surface area (Å²) in [5, 5.41) is 4.79. The van der Waals surface area contributed by atoms with Crippen LogP contribution >= 0.6 is 34.7 Å². The van der Waals surface area contributed by atoms with E-state index in [4.69, 9.17) is 27.9 Å². The number of nitrogens with zero attached hydrogens (tertiary/aromatic N) is 3. The fourth-order valence-electron chi connectivity index (χ4n) is 2.23. The van der Waals surface area contributed by atoms with Crippen molar-refractivity contribution < 1.29 is 4.74 Å². The fraction of sp³-hybridized carbons (Fsp3) is 0.385. The minimum Gasteiger partial charge on any atom is -0.371 e. The molecule has 1 saturated heterocycles. The van der Waals surface area contributed by atoms with Gasteiger partial charge in [-0.1, -0.05) is 39.8 Å². The molecule has 106 valence electrons. The molecule has 0 aliphatic carbocycles. The molecule has 0 spiro atoms. The molecule has 7 heteroatoms. The summed E-state index contributed by atoms with van der Waals surface area (Å²) in [6, 6.07) is 7.79. The van der Waals surface area contributed by atoms with E-state index < -0.39 is 0 Å². The van der Waals surface area contributed by atoms with Crippen LogP contribution in [-0.2, 0) is 11.3 Å². The maximum atomic E-state index is 6.05. The van der Waals surface area contributed by atoms with Crippen molar-refractivity contribution >= 4 is 34.7 Å². The van der Waals surface area contributed by atoms with E-state index in [2.05, 4.69) is 14.5 Å². The number of hydrogen-bond donors (Lipinski definition) is 0. The first-order valence-corrected chi connectivity index (χ1v) is 7.81. The lowest BCUT2D eigenvalue weighted by molar-refractivity contribution is -0.0332. The van der Waals surface area contributed by atoms with Gasteiger partial charge in [-0.15, -0.1) is 5.10 Å². The third kappa shape index (κ3) is 3.30. The summed E-state index contributed by atoms with van der Waals surface area (Å²) in [6.45, 7) is 3.10. The molecule has 1 fully saturated rings. The van der Waals surface area contributed by atoms with Gasteiger partial charge in [-0.2, -0.15) is 0 Å². The summed E-state index contributed by atoms with van der Waals surface area (Å²) >= 11 is 13.2. The third-order valence-corrected chi connectivity index (χ3v) is 4.51. The lowest BCUT2D eigenvalue weighted by atomic mass is 10.1. The second kappa shape index (κ2) is 6.37. The summed E-state index contributed by atoms with van der Waals surface area (Å²) in [6.07, 6.45) is 0.0615. The van der Waals surface area contributed by atoms with Gasteiger partial charge in [0, 0.05) is 36.2 Å². The molecule has 0 N–H and O–H groups in total. The smallest absolute Gasteiger partial charge is 0.138 e. The molecule has 1 aliphatic heterocycles. The Morgan fingerprint density at radius 2 is 2.10 bits per heavy atom. The molecule has 1 aliphatic rings. The van der Waals surface area contributed by atoms with E-state index in [9.17, 15) is 0 Å². The number of morpholine rings is 1. The molecule has 1 aromatic carbocycles. The van der Waals surface area contributed by atoms with Gasteiger partial charge in [0.2, 0.25) is 0 Å². The van der Waals surface area contributed by atoms with E-state index >= 15 is 0 Å². The van der Waals surface area contributed by atoms with E-state index in [1.165, 1.54) is 11.5 Å². The maximum absolute atomic E-state index is 6.05. The fourth-order valence-corrected chi connectivity index (χ4v) is 2.97. The molecule has 0 amide bonds. The maximum Gasteiger partial charge on any atom is 0.138 e. The number of halogens is 2. The number of aromatic nitrogens is 2. The molecular formula is C13H13Cl2N3OS. The van der Waals surface area contributed by atoms with Gasteiger partial charge in [-0.3, -0.25) is 4.90 Å². The molecule has 3 rings (SSSR count). The number of ether oxygens (including phenoxy) is 1. The zero-order valence-electron chi connectivity index (χ0n) is 10.6. The van der Waals surface area contributed by atoms with Crippen molar-refractivity contribution in [2.75, 3.05) is 19.7 Å². The highest BCUT2D eigenvalue weighted by atomic mass is 35.5. The van der Waals surface area contributed by atoms with Crippen molar-refractivity contribution in [3.05, 3.63) is 44.9 Å². The molecule has 1 atom stereocenters. The van der Waals surface area contributed by atoms with Gasteiger partial charge in [0.15, 0.2) is 0 Å². The van der Waals surface area contributed by atoms with E-state index in [0.29, 0.717) is 17.5 Å². The summed E-state index contributed by atoms with van der Waals surface area (Å²) in [5.41, 5.74) is 1.98. The average Bonchev–Trinajstić information content (AvgIpc) is 2.85. The lowest BCUT2D eigenvalue weighted by Gasteiger charge is -2.32. The Labute approximate surface area is 131 Å². The van der Waals surface area contributed by atoms with Gasteiger partial charge < -0.3 is 4.74 Å². The van der Waals surface area contributed by atoms with Crippen LogP contribution in [0.4, 0.5) is 0 Å². The highest BCUT2D eigenvalue weighted by Gasteiger charge is 2.23. The average molecular weight is 330 g/mol. The van der Waals surface area contributed by atoms with Crippen LogP contribution in [0.15, 0.2) is 24.3 Å². The lowest BCUT2D eigenvalue weighted by Crippen LogP contribution is -2.37. The second-order valence-electron chi connectivity index (χ2n) is 4.64. The van der Waals surface area contributed by atoms with Gasteiger partial charge in [0.05, 0.1) is 12.7 Å². The van der Waals surface area contributed by atoms with Crippen molar-refractivity contribution in [1.29, 1.82) is 0 Å². The minimum atomic E-state index is 0.0615. The Balaban J connectivity index is 1.67. The molecule has 1 aromatic heterocycles. The van der Waals surface area contributed by atoms with Gasteiger partial charge in [-0.25, -0.2) is 0 Å². The molecular weight excluding hydrogens is 317 g/mol. The van der Waals surface area contributed by atoms with E-state index in [-0.39, 0.29) is 6.10 Å². The third-order valence-electron chi connectivity index (χ3n) is 3.28. The van der Waals surface area contributed by atoms with E-state index in [0.717, 1.165) is 29.4 Å². The van der Waals surface area contributed by atoms with Crippen LogP contribution < -0.4 is 0 Å². The Morgan fingerprint density at radius 1 is 1.30 bits per heavy atom. The van der Waals surface area contributed by atoms with Gasteiger partial charge in [-0.05, 0) is 17.7 Å². The van der Waals surface area contributed by atoms with E-state index in [1.54, 1.807) is 0 Å². The standard InChI is InChI=1S/C13H13Cl2N3OS/c14-10-3-1-9(2-4-10)12-8-18(5-6-19-12)7-11-13(15)20-17-16-11/h1-4,12H,5-8H2/t12-/m0/s1. The summed E-state index contributed by atoms with van der Waals surface area (Å²) in [4.78, 5) is 2.28.